The zero-order chi connectivity index (χ0) is 12.1. The molecule has 82 valence electrons. The smallest absolute Gasteiger partial charge is 0.294 e. The van der Waals surface area contributed by atoms with Crippen molar-refractivity contribution in [1.82, 2.24) is 14.3 Å². The summed E-state index contributed by atoms with van der Waals surface area (Å²) in [6, 6.07) is -1.86. The van der Waals surface area contributed by atoms with Crippen LogP contribution in [0.5, 0.6) is 0 Å². The Morgan fingerprint density at radius 3 is 2.69 bits per heavy atom. The molecule has 8 nitrogen and oxygen atoms in total. The fourth-order valence-corrected chi connectivity index (χ4v) is 1.91. The van der Waals surface area contributed by atoms with E-state index in [0.717, 1.165) is 0 Å². The summed E-state index contributed by atoms with van der Waals surface area (Å²) in [6.45, 7) is 6.67. The first-order chi connectivity index (χ1) is 7.41. The second kappa shape index (κ2) is 3.16. The van der Waals surface area contributed by atoms with E-state index in [4.69, 9.17) is 18.2 Å². The normalized spacial score (nSPS) is 28.6. The lowest BCUT2D eigenvalue weighted by Crippen LogP contribution is -2.66. The number of nitrogens with one attached hydrogen (secondary N) is 1. The summed E-state index contributed by atoms with van der Waals surface area (Å²) in [5.41, 5.74) is -0.424. The summed E-state index contributed by atoms with van der Waals surface area (Å²) in [5.74, 6) is -1.02. The lowest BCUT2D eigenvalue weighted by molar-refractivity contribution is -0.121. The molecule has 0 aliphatic carbocycles. The molecule has 0 aromatic rings. The second-order valence-corrected chi connectivity index (χ2v) is 4.05. The van der Waals surface area contributed by atoms with Crippen LogP contribution in [0.1, 0.15) is 0 Å². The number of urea groups is 2. The molecule has 0 aromatic heterocycles. The highest BCUT2D eigenvalue weighted by Gasteiger charge is 2.60. The fourth-order valence-electron chi connectivity index (χ4n) is 1.23. The molecule has 0 spiro atoms. The third-order valence-corrected chi connectivity index (χ3v) is 3.40. The summed E-state index contributed by atoms with van der Waals surface area (Å²) in [6.07, 6.45) is 0. The zero-order valence-electron chi connectivity index (χ0n) is 7.27. The Morgan fingerprint density at radius 2 is 2.12 bits per heavy atom. The molecule has 1 N–H and O–H groups in total. The molecule has 1 saturated heterocycles. The van der Waals surface area contributed by atoms with Crippen LogP contribution in [0.3, 0.4) is 0 Å². The Balaban J connectivity index is 2.57. The van der Waals surface area contributed by atoms with Crippen LogP contribution in [0.25, 0.3) is 4.95 Å². The molecular formula is C6HBrClN5O3. The SMILES string of the molecule is [C-]#[N+]N1C(=O)C2=NC(=O)NC2(Cl)N(Br)C1=O. The molecule has 0 radical (unpaired) electrons. The first-order valence-electron chi connectivity index (χ1n) is 3.74. The number of hydrogen-bond donors (Lipinski definition) is 1. The molecule has 2 aliphatic heterocycles. The Morgan fingerprint density at radius 1 is 1.50 bits per heavy atom. The monoisotopic (exact) mass is 305 g/mol. The molecule has 2 rings (SSSR count). The molecule has 1 unspecified atom stereocenters. The largest absolute Gasteiger partial charge is 0.409 e. The standard InChI is InChI=1S/C6HBrClN5O3/c1-9-12-3(14)2-6(8,11-4(15)10-2)13(7)5(12)16/h(H,11,15). The van der Waals surface area contributed by atoms with Crippen LogP contribution in [-0.4, -0.2) is 37.7 Å². The number of carbonyl (C=O) groups excluding carboxylic acids is 3. The topological polar surface area (TPSA) is 86.4 Å². The van der Waals surface area contributed by atoms with Gasteiger partial charge in [-0.3, -0.25) is 10.1 Å². The number of rotatable bonds is 0. The van der Waals surface area contributed by atoms with Gasteiger partial charge in [0.25, 0.3) is 5.12 Å². The maximum atomic E-state index is 11.6. The number of hydrogen-bond acceptors (Lipinski definition) is 3. The average Bonchev–Trinajstić information content (AvgIpc) is 2.53. The quantitative estimate of drug-likeness (QED) is 0.305. The van der Waals surface area contributed by atoms with Crippen molar-refractivity contribution in [2.75, 3.05) is 0 Å². The van der Waals surface area contributed by atoms with Crippen molar-refractivity contribution >= 4 is 51.4 Å². The van der Waals surface area contributed by atoms with Crippen molar-refractivity contribution in [3.8, 4) is 0 Å². The van der Waals surface area contributed by atoms with Crippen molar-refractivity contribution in [3.63, 3.8) is 0 Å². The molecule has 10 heteroatoms. The van der Waals surface area contributed by atoms with Gasteiger partial charge >= 0.3 is 18.0 Å². The van der Waals surface area contributed by atoms with Gasteiger partial charge in [0.15, 0.2) is 5.71 Å². The number of fused-ring (bicyclic) bond motifs is 1. The number of alkyl halides is 1. The van der Waals surface area contributed by atoms with E-state index in [1.54, 1.807) is 0 Å². The van der Waals surface area contributed by atoms with E-state index in [2.05, 4.69) is 31.4 Å². The Labute approximate surface area is 102 Å². The van der Waals surface area contributed by atoms with E-state index in [1.807, 2.05) is 0 Å². The molecule has 0 saturated carbocycles. The zero-order valence-corrected chi connectivity index (χ0v) is 9.61. The average molecular weight is 306 g/mol. The maximum absolute atomic E-state index is 11.6. The van der Waals surface area contributed by atoms with Gasteiger partial charge in [0.1, 0.15) is 0 Å². The molecule has 1 atom stereocenters. The Kier molecular flexibility index (Phi) is 2.14. The van der Waals surface area contributed by atoms with Gasteiger partial charge in [0.05, 0.1) is 21.2 Å². The van der Waals surface area contributed by atoms with Crippen molar-refractivity contribution in [2.45, 2.75) is 5.12 Å². The number of nitrogens with zero attached hydrogens (tertiary/aromatic N) is 4. The predicted octanol–water partition coefficient (Wildman–Crippen LogP) is 0.452. The summed E-state index contributed by atoms with van der Waals surface area (Å²) in [4.78, 5) is 40.1. The summed E-state index contributed by atoms with van der Waals surface area (Å²) in [7, 11) is 0. The van der Waals surface area contributed by atoms with Crippen LogP contribution in [-0.2, 0) is 4.79 Å². The minimum atomic E-state index is -1.87. The molecule has 2 aliphatic rings. The third kappa shape index (κ3) is 1.14. The number of carbonyl (C=O) groups is 3. The van der Waals surface area contributed by atoms with Gasteiger partial charge in [-0.15, -0.1) is 4.95 Å². The lowest BCUT2D eigenvalue weighted by atomic mass is 10.2. The van der Waals surface area contributed by atoms with Crippen molar-refractivity contribution in [2.24, 2.45) is 4.99 Å². The first kappa shape index (κ1) is 10.8. The van der Waals surface area contributed by atoms with E-state index in [1.165, 1.54) is 0 Å². The van der Waals surface area contributed by atoms with Gasteiger partial charge in [-0.05, 0) is 0 Å². The van der Waals surface area contributed by atoms with E-state index in [9.17, 15) is 14.4 Å². The predicted molar refractivity (Wildman–Crippen MR) is 54.2 cm³/mol. The van der Waals surface area contributed by atoms with E-state index in [-0.39, 0.29) is 5.01 Å². The minimum absolute atomic E-state index is 0.217. The molecule has 5 amide bonds. The van der Waals surface area contributed by atoms with E-state index < -0.39 is 28.8 Å². The Bertz CT molecular complexity index is 499. The van der Waals surface area contributed by atoms with Gasteiger partial charge in [0.2, 0.25) is 0 Å². The van der Waals surface area contributed by atoms with Gasteiger partial charge < -0.3 is 0 Å². The number of imide groups is 1. The molecule has 1 fully saturated rings. The number of amides is 5. The summed E-state index contributed by atoms with van der Waals surface area (Å²) in [5, 5.41) is 0.466. The summed E-state index contributed by atoms with van der Waals surface area (Å²) < 4.78 is 0.671. The van der Waals surface area contributed by atoms with Crippen LogP contribution in [0, 0.1) is 6.57 Å². The first-order valence-corrected chi connectivity index (χ1v) is 4.82. The highest BCUT2D eigenvalue weighted by molar-refractivity contribution is 9.07. The van der Waals surface area contributed by atoms with Gasteiger partial charge in [-0.1, -0.05) is 11.6 Å². The Hall–Kier alpha value is -1.66. The number of aliphatic imine (C=N–C) groups is 1. The molecule has 16 heavy (non-hydrogen) atoms. The van der Waals surface area contributed by atoms with Crippen LogP contribution in [0.15, 0.2) is 4.99 Å². The highest BCUT2D eigenvalue weighted by Crippen LogP contribution is 2.33. The van der Waals surface area contributed by atoms with Crippen LogP contribution < -0.4 is 5.32 Å². The minimum Gasteiger partial charge on any atom is -0.294 e. The van der Waals surface area contributed by atoms with Gasteiger partial charge in [-0.2, -0.15) is 11.6 Å². The van der Waals surface area contributed by atoms with Gasteiger partial charge in [0, 0.05) is 0 Å². The van der Waals surface area contributed by atoms with E-state index in [0.29, 0.717) is 3.93 Å². The molecule has 0 bridgehead atoms. The number of halogens is 2. The second-order valence-electron chi connectivity index (χ2n) is 2.79. The van der Waals surface area contributed by atoms with Crippen molar-refractivity contribution in [1.29, 1.82) is 0 Å². The molecule has 0 aromatic carbocycles. The maximum Gasteiger partial charge on any atom is 0.409 e. The van der Waals surface area contributed by atoms with Crippen molar-refractivity contribution in [3.05, 3.63) is 11.5 Å². The third-order valence-electron chi connectivity index (χ3n) is 1.91. The van der Waals surface area contributed by atoms with Crippen LogP contribution in [0.2, 0.25) is 0 Å². The van der Waals surface area contributed by atoms with Gasteiger partial charge in [-0.25, -0.2) is 13.5 Å². The van der Waals surface area contributed by atoms with Crippen LogP contribution in [0.4, 0.5) is 9.59 Å². The molecular weight excluding hydrogens is 305 g/mol. The van der Waals surface area contributed by atoms with E-state index >= 15 is 0 Å². The van der Waals surface area contributed by atoms with Crippen molar-refractivity contribution < 1.29 is 14.4 Å². The fraction of sp³-hybridized carbons (Fsp3) is 0.167. The molecule has 2 heterocycles. The lowest BCUT2D eigenvalue weighted by Gasteiger charge is -2.33. The summed E-state index contributed by atoms with van der Waals surface area (Å²) >= 11 is 8.65. The van der Waals surface area contributed by atoms with Crippen LogP contribution >= 0.6 is 27.7 Å². The highest BCUT2D eigenvalue weighted by atomic mass is 79.9.